The topological polar surface area (TPSA) is 0 Å². The Morgan fingerprint density at radius 1 is 0.439 bits per heavy atom. The van der Waals surface area contributed by atoms with Crippen molar-refractivity contribution in [3.63, 3.8) is 0 Å². The van der Waals surface area contributed by atoms with Gasteiger partial charge in [0.15, 0.2) is 0 Å². The Hall–Kier alpha value is -3.26. The van der Waals surface area contributed by atoms with Crippen LogP contribution in [0.4, 0.5) is 0 Å². The van der Waals surface area contributed by atoms with Crippen molar-refractivity contribution < 1.29 is 20.8 Å². The largest absolute Gasteiger partial charge is 0.164 e. The maximum absolute atomic E-state index is 4.93. The minimum Gasteiger partial charge on any atom is -0.164 e. The molecule has 8 aromatic carbocycles. The second-order valence-corrected chi connectivity index (χ2v) is 26.9. The van der Waals surface area contributed by atoms with E-state index in [2.05, 4.69) is 159 Å². The monoisotopic (exact) mass is 996 g/mol. The first-order valence-electron chi connectivity index (χ1n) is 25.2. The molecule has 8 saturated carbocycles. The summed E-state index contributed by atoms with van der Waals surface area (Å²) in [6.07, 6.45) is 20.8. The van der Waals surface area contributed by atoms with Crippen LogP contribution >= 0.6 is 17.0 Å². The fraction of sp³-hybridized carbons (Fsp3) is 0.387. The third kappa shape index (κ3) is 9.05. The second-order valence-electron chi connectivity index (χ2n) is 22.2. The molecule has 8 bridgehead atoms. The minimum atomic E-state index is -0.826. The molecule has 0 saturated heterocycles. The zero-order chi connectivity index (χ0) is 44.8. The van der Waals surface area contributed by atoms with Gasteiger partial charge < -0.3 is 0 Å². The van der Waals surface area contributed by atoms with Gasteiger partial charge in [-0.05, 0) is 169 Å². The maximum atomic E-state index is 4.93. The van der Waals surface area contributed by atoms with Crippen LogP contribution in [0, 0.1) is 46.3 Å². The van der Waals surface area contributed by atoms with Crippen LogP contribution in [-0.4, -0.2) is 9.52 Å². The van der Waals surface area contributed by atoms with E-state index in [1.807, 2.05) is 0 Å². The van der Waals surface area contributed by atoms with Crippen LogP contribution in [0.5, 0.6) is 0 Å². The van der Waals surface area contributed by atoms with Crippen molar-refractivity contribution in [2.75, 3.05) is 0 Å². The molecular weight excluding hydrogens is 935 g/mol. The Balaban J connectivity index is 0.000000131. The summed E-state index contributed by atoms with van der Waals surface area (Å²) in [5.74, 6) is 6.20. The van der Waals surface area contributed by atoms with E-state index >= 15 is 0 Å². The fourth-order valence-electron chi connectivity index (χ4n) is 16.1. The molecule has 66 heavy (non-hydrogen) atoms. The molecule has 0 aliphatic heterocycles. The molecule has 4 heteroatoms. The molecule has 0 unspecified atom stereocenters. The summed E-state index contributed by atoms with van der Waals surface area (Å²) in [7, 11) is 11.0. The normalized spacial score (nSPS) is 27.5. The molecule has 0 atom stereocenters. The average Bonchev–Trinajstić information content (AvgIpc) is 3.91. The summed E-state index contributed by atoms with van der Waals surface area (Å²) in [4.78, 5) is 0. The smallest absolute Gasteiger partial charge is 0.0114 e. The number of hydrogen-bond donors (Lipinski definition) is 0. The van der Waals surface area contributed by atoms with Crippen molar-refractivity contribution in [2.45, 2.75) is 103 Å². The van der Waals surface area contributed by atoms with Gasteiger partial charge in [-0.25, -0.2) is 0 Å². The van der Waals surface area contributed by atoms with E-state index in [0.29, 0.717) is 10.8 Å². The van der Waals surface area contributed by atoms with Gasteiger partial charge in [0.1, 0.15) is 0 Å². The molecule has 0 spiro atoms. The van der Waals surface area contributed by atoms with Crippen molar-refractivity contribution in [1.82, 2.24) is 0 Å². The Morgan fingerprint density at radius 3 is 1.08 bits per heavy atom. The van der Waals surface area contributed by atoms with Gasteiger partial charge in [0.05, 0.1) is 0 Å². The summed E-state index contributed by atoms with van der Waals surface area (Å²) in [5, 5.41) is 11.1. The first-order valence-corrected chi connectivity index (χ1v) is 33.5. The number of hydrogen-bond acceptors (Lipinski definition) is 0. The zero-order valence-corrected chi connectivity index (χ0v) is 43.9. The molecule has 0 amide bonds. The Labute approximate surface area is 415 Å². The van der Waals surface area contributed by atoms with E-state index in [-0.39, 0.29) is 0 Å². The van der Waals surface area contributed by atoms with E-state index in [1.54, 1.807) is 11.1 Å². The van der Waals surface area contributed by atoms with E-state index in [4.69, 9.17) is 17.0 Å². The van der Waals surface area contributed by atoms with Crippen molar-refractivity contribution in [3.8, 4) is 22.3 Å². The van der Waals surface area contributed by atoms with Gasteiger partial charge in [-0.15, -0.1) is 69.1 Å². The van der Waals surface area contributed by atoms with E-state index in [0.717, 1.165) is 45.0 Å². The predicted octanol–water partition coefficient (Wildman–Crippen LogP) is 18.4. The number of benzene rings is 6. The van der Waals surface area contributed by atoms with Gasteiger partial charge in [0.2, 0.25) is 0 Å². The maximum Gasteiger partial charge on any atom is -0.0114 e. The van der Waals surface area contributed by atoms with Crippen molar-refractivity contribution >= 4 is 69.6 Å². The molecule has 8 aliphatic carbocycles. The first-order chi connectivity index (χ1) is 32.3. The minimum absolute atomic E-state index is 0.610. The molecule has 0 heterocycles. The second kappa shape index (κ2) is 19.3. The van der Waals surface area contributed by atoms with Crippen LogP contribution in [0.3, 0.4) is 0 Å². The van der Waals surface area contributed by atoms with Gasteiger partial charge in [-0.3, -0.25) is 0 Å². The van der Waals surface area contributed by atoms with Crippen LogP contribution in [0.2, 0.25) is 13.1 Å². The first kappa shape index (κ1) is 45.2. The number of rotatable bonds is 6. The third-order valence-electron chi connectivity index (χ3n) is 17.3. The predicted molar refractivity (Wildman–Crippen MR) is 283 cm³/mol. The Bertz CT molecular complexity index is 2690. The molecule has 334 valence electrons. The van der Waals surface area contributed by atoms with Crippen molar-refractivity contribution in [3.05, 3.63) is 157 Å². The standard InChI is InChI=1S/2C30H29.C2H6Si.2ClH.Zr/c2*1-2-8-26-24(5-1)6-3-9-27(26)28-10-4-7-25-14-23(15-29(25)28)19-30-16-20-11-21(17-30)13-22(12-20)18-30;1-3-2;;;/h2*1-10,14-15,20-22H,11-13,16-19H2;1-2H3;2*1H;/q2*-1;;;;+4/p-2. The quantitative estimate of drug-likeness (QED) is 0.115. The van der Waals surface area contributed by atoms with Crippen LogP contribution in [-0.2, 0) is 33.7 Å². The van der Waals surface area contributed by atoms with E-state index in [1.165, 1.54) is 155 Å². The van der Waals surface area contributed by atoms with Gasteiger partial charge in [0.25, 0.3) is 0 Å². The molecule has 0 nitrogen and oxygen atoms in total. The molecule has 2 radical (unpaired) electrons. The van der Waals surface area contributed by atoms with Gasteiger partial charge >= 0.3 is 37.9 Å². The van der Waals surface area contributed by atoms with Crippen LogP contribution < -0.4 is 0 Å². The number of halogens is 2. The summed E-state index contributed by atoms with van der Waals surface area (Å²) >= 11 is -0.826. The molecule has 0 aromatic heterocycles. The van der Waals surface area contributed by atoms with Gasteiger partial charge in [-0.1, -0.05) is 121 Å². The molecule has 8 aromatic rings. The average molecular weight is 999 g/mol. The van der Waals surface area contributed by atoms with Gasteiger partial charge in [0, 0.05) is 9.52 Å². The van der Waals surface area contributed by atoms with Crippen molar-refractivity contribution in [2.24, 2.45) is 46.3 Å². The van der Waals surface area contributed by atoms with Crippen LogP contribution in [0.25, 0.3) is 65.3 Å². The summed E-state index contributed by atoms with van der Waals surface area (Å²) in [6, 6.07) is 54.8. The summed E-state index contributed by atoms with van der Waals surface area (Å²) in [6.45, 7) is 4.31. The molecule has 8 aliphatic rings. The van der Waals surface area contributed by atoms with E-state index < -0.39 is 20.8 Å². The Kier molecular flexibility index (Phi) is 13.2. The third-order valence-corrected chi connectivity index (χ3v) is 17.3. The van der Waals surface area contributed by atoms with Crippen molar-refractivity contribution in [1.29, 1.82) is 0 Å². The fourth-order valence-corrected chi connectivity index (χ4v) is 16.1. The van der Waals surface area contributed by atoms with Crippen LogP contribution in [0.15, 0.2) is 146 Å². The summed E-state index contributed by atoms with van der Waals surface area (Å²) in [5.41, 5.74) is 9.90. The van der Waals surface area contributed by atoms with Crippen LogP contribution in [0.1, 0.15) is 88.2 Å². The SMILES string of the molecule is C[Si]C.[Cl][Zr+2][Cl].c1ccc2c(-c3cccc4[cH-]c(CC56CC7CC(CC(C7)C5)C6)cc34)cccc2c1.c1ccc2c(-c3cccc4[cH-]c(CC56CC7CC(CC(C7)C5)C6)cc34)cccc2c1. The number of fused-ring (bicyclic) bond motifs is 4. The molecule has 16 rings (SSSR count). The molecule has 8 fully saturated rings. The van der Waals surface area contributed by atoms with E-state index in [9.17, 15) is 0 Å². The van der Waals surface area contributed by atoms with Gasteiger partial charge in [-0.2, -0.15) is 12.1 Å². The molecule has 0 N–H and O–H groups in total. The summed E-state index contributed by atoms with van der Waals surface area (Å²) < 4.78 is 0. The molecular formula is C62H64Cl2SiZr. The zero-order valence-electron chi connectivity index (χ0n) is 39.0. The Morgan fingerprint density at radius 2 is 0.727 bits per heavy atom.